The largest absolute Gasteiger partial charge is 0.512 e. The van der Waals surface area contributed by atoms with E-state index in [9.17, 15) is 32.3 Å². The number of alkyl halides is 3. The van der Waals surface area contributed by atoms with Crippen molar-refractivity contribution in [3.63, 3.8) is 0 Å². The summed E-state index contributed by atoms with van der Waals surface area (Å²) in [5.74, 6) is -1.97. The van der Waals surface area contributed by atoms with Crippen LogP contribution < -0.4 is 20.9 Å². The van der Waals surface area contributed by atoms with Crippen molar-refractivity contribution in [1.29, 1.82) is 0 Å². The summed E-state index contributed by atoms with van der Waals surface area (Å²) in [6.07, 6.45) is -4.00. The molecule has 2 aromatic heterocycles. The number of aromatic amines is 1. The van der Waals surface area contributed by atoms with E-state index in [1.165, 1.54) is 42.7 Å². The van der Waals surface area contributed by atoms with Crippen molar-refractivity contribution >= 4 is 34.9 Å². The first kappa shape index (κ1) is 25.7. The molecule has 5 N–H and O–H groups in total. The molecule has 0 saturated heterocycles. The van der Waals surface area contributed by atoms with E-state index >= 15 is 0 Å². The van der Waals surface area contributed by atoms with Crippen molar-refractivity contribution in [2.45, 2.75) is 12.7 Å². The van der Waals surface area contributed by atoms with Crippen molar-refractivity contribution in [2.24, 2.45) is 0 Å². The molecule has 0 atom stereocenters. The van der Waals surface area contributed by atoms with Gasteiger partial charge in [0.25, 0.3) is 5.88 Å². The van der Waals surface area contributed by atoms with Gasteiger partial charge in [0.15, 0.2) is 0 Å². The average molecular weight is 531 g/mol. The Hall–Kier alpha value is -5.34. The Morgan fingerprint density at radius 3 is 2.42 bits per heavy atom. The van der Waals surface area contributed by atoms with Gasteiger partial charge in [0.1, 0.15) is 0 Å². The first-order valence-corrected chi connectivity index (χ1v) is 10.5. The lowest BCUT2D eigenvalue weighted by Gasteiger charge is -2.15. The van der Waals surface area contributed by atoms with Gasteiger partial charge in [0.05, 0.1) is 27.8 Å². The van der Waals surface area contributed by atoms with E-state index < -0.39 is 41.3 Å². The molecule has 0 aliphatic carbocycles. The fraction of sp³-hybridized carbons (Fsp3) is 0.0870. The number of nitrogens with zero attached hydrogens (tertiary/aromatic N) is 2. The number of hydrogen-bond donors (Lipinski definition) is 5. The number of aromatic nitrogens is 3. The highest BCUT2D eigenvalue weighted by atomic mass is 19.4. The highest BCUT2D eigenvalue weighted by Gasteiger charge is 2.35. The number of hydrogen-bond acceptors (Lipinski definition) is 6. The number of amides is 2. The Morgan fingerprint density at radius 1 is 1.08 bits per heavy atom. The number of carbonyl (C=O) groups excluding carboxylic acids is 1. The Kier molecular flexibility index (Phi) is 6.75. The van der Waals surface area contributed by atoms with Crippen LogP contribution in [0.2, 0.25) is 0 Å². The number of urea groups is 1. The zero-order chi connectivity index (χ0) is 27.6. The number of aromatic carboxylic acids is 1. The van der Waals surface area contributed by atoms with Crippen molar-refractivity contribution < 1.29 is 42.5 Å². The van der Waals surface area contributed by atoms with Crippen molar-refractivity contribution in [3.8, 4) is 11.6 Å². The predicted molar refractivity (Wildman–Crippen MR) is 125 cm³/mol. The van der Waals surface area contributed by atoms with Gasteiger partial charge in [-0.2, -0.15) is 13.2 Å². The molecule has 12 nitrogen and oxygen atoms in total. The molecule has 0 aliphatic rings. The van der Waals surface area contributed by atoms with Crippen molar-refractivity contribution in [1.82, 2.24) is 19.9 Å². The van der Waals surface area contributed by atoms with Gasteiger partial charge in [-0.3, -0.25) is 4.79 Å². The molecule has 2 heterocycles. The molecule has 196 valence electrons. The smallest absolute Gasteiger partial charge is 0.478 e. The number of nitrogens with one attached hydrogen (secondary N) is 3. The van der Waals surface area contributed by atoms with E-state index in [1.807, 2.05) is 0 Å². The Balaban J connectivity index is 1.56. The summed E-state index contributed by atoms with van der Waals surface area (Å²) < 4.78 is 46.9. The summed E-state index contributed by atoms with van der Waals surface area (Å²) in [6.45, 7) is -0.0663. The minimum atomic E-state index is -4.82. The summed E-state index contributed by atoms with van der Waals surface area (Å²) in [4.78, 5) is 51.6. The summed E-state index contributed by atoms with van der Waals surface area (Å²) in [7, 11) is 0. The summed E-state index contributed by atoms with van der Waals surface area (Å²) in [5, 5.41) is 22.7. The van der Waals surface area contributed by atoms with Gasteiger partial charge in [0, 0.05) is 24.6 Å². The molecule has 0 radical (unpaired) electrons. The van der Waals surface area contributed by atoms with E-state index in [0.717, 1.165) is 10.6 Å². The number of rotatable bonds is 6. The number of carboxylic acid groups (broad SMARTS) is 2. The van der Waals surface area contributed by atoms with E-state index in [0.29, 0.717) is 17.3 Å². The van der Waals surface area contributed by atoms with Crippen LogP contribution in [0, 0.1) is 0 Å². The lowest BCUT2D eigenvalue weighted by molar-refractivity contribution is -0.137. The van der Waals surface area contributed by atoms with E-state index in [2.05, 4.69) is 25.3 Å². The van der Waals surface area contributed by atoms with Gasteiger partial charge in [-0.25, -0.2) is 19.4 Å². The molecule has 0 saturated carbocycles. The second kappa shape index (κ2) is 9.96. The molecule has 15 heteroatoms. The maximum absolute atomic E-state index is 13.8. The molecule has 38 heavy (non-hydrogen) atoms. The highest BCUT2D eigenvalue weighted by molar-refractivity contribution is 5.91. The number of fused-ring (bicyclic) bond motifs is 1. The number of carboxylic acids is 1. The van der Waals surface area contributed by atoms with Crippen LogP contribution in [0.4, 0.5) is 28.4 Å². The lowest BCUT2D eigenvalue weighted by atomic mass is 10.1. The van der Waals surface area contributed by atoms with Crippen LogP contribution in [0.1, 0.15) is 21.5 Å². The predicted octanol–water partition coefficient (Wildman–Crippen LogP) is 3.81. The molecular weight excluding hydrogens is 515 g/mol. The number of ether oxygens (including phenoxy) is 1. The summed E-state index contributed by atoms with van der Waals surface area (Å²) in [6, 6.07) is 7.91. The van der Waals surface area contributed by atoms with Gasteiger partial charge in [-0.1, -0.05) is 0 Å². The average Bonchev–Trinajstić information content (AvgIpc) is 3.31. The Labute approximate surface area is 209 Å². The van der Waals surface area contributed by atoms with Crippen LogP contribution in [0.15, 0.2) is 59.7 Å². The number of anilines is 1. The van der Waals surface area contributed by atoms with Gasteiger partial charge in [-0.05, 0) is 48.0 Å². The zero-order valence-corrected chi connectivity index (χ0v) is 18.9. The Morgan fingerprint density at radius 2 is 1.79 bits per heavy atom. The van der Waals surface area contributed by atoms with Crippen LogP contribution in [-0.2, 0) is 12.7 Å². The maximum Gasteiger partial charge on any atom is 0.512 e. The first-order chi connectivity index (χ1) is 17.9. The minimum Gasteiger partial charge on any atom is -0.478 e. The van der Waals surface area contributed by atoms with Crippen LogP contribution >= 0.6 is 0 Å². The van der Waals surface area contributed by atoms with Gasteiger partial charge in [0.2, 0.25) is 0 Å². The first-order valence-electron chi connectivity index (χ1n) is 10.5. The van der Waals surface area contributed by atoms with Gasteiger partial charge < -0.3 is 35.1 Å². The summed E-state index contributed by atoms with van der Waals surface area (Å²) >= 11 is 0. The second-order valence-electron chi connectivity index (χ2n) is 7.74. The minimum absolute atomic E-state index is 0.0383. The quantitative estimate of drug-likeness (QED) is 0.233. The normalized spacial score (nSPS) is 11.2. The van der Waals surface area contributed by atoms with E-state index in [1.54, 1.807) is 0 Å². The SMILES string of the molecule is O=C(NCc1ccn(-c2cc3nc(OC(=O)O)c(=O)[nH]c3cc2C(F)(F)F)c1)Nc1ccc(C(=O)O)cc1. The van der Waals surface area contributed by atoms with Crippen LogP contribution in [-0.4, -0.2) is 42.9 Å². The van der Waals surface area contributed by atoms with E-state index in [4.69, 9.17) is 10.2 Å². The van der Waals surface area contributed by atoms with E-state index in [-0.39, 0.29) is 28.8 Å². The molecule has 0 aliphatic heterocycles. The lowest BCUT2D eigenvalue weighted by Crippen LogP contribution is -2.28. The van der Waals surface area contributed by atoms with Gasteiger partial charge in [-0.15, -0.1) is 0 Å². The molecule has 0 unspecified atom stereocenters. The van der Waals surface area contributed by atoms with Crippen molar-refractivity contribution in [3.05, 3.63) is 81.9 Å². The molecule has 0 spiro atoms. The second-order valence-corrected chi connectivity index (χ2v) is 7.74. The number of halogens is 3. The van der Waals surface area contributed by atoms with Gasteiger partial charge >= 0.3 is 29.9 Å². The molecule has 4 aromatic rings. The molecule has 0 bridgehead atoms. The molecular formula is C23H16F3N5O7. The number of carbonyl (C=O) groups is 3. The molecule has 4 rings (SSSR count). The molecule has 2 aromatic carbocycles. The standard InChI is InChI=1S/C23H16F3N5O7/c24-23(25,26)14-7-15-16(30-19(18(32)29-15)38-22(36)37)8-17(14)31-6-5-11(10-31)9-27-21(35)28-13-3-1-12(2-4-13)20(33)34/h1-8,10H,9H2,(H,29,32)(H,33,34)(H,36,37)(H2,27,28,35). The van der Waals surface area contributed by atoms with Crippen molar-refractivity contribution in [2.75, 3.05) is 5.32 Å². The summed E-state index contributed by atoms with van der Waals surface area (Å²) in [5.41, 5.74) is -2.25. The number of benzene rings is 2. The third-order valence-corrected chi connectivity index (χ3v) is 5.14. The highest BCUT2D eigenvalue weighted by Crippen LogP contribution is 2.36. The fourth-order valence-electron chi connectivity index (χ4n) is 3.45. The monoisotopic (exact) mass is 531 g/mol. The van der Waals surface area contributed by atoms with Crippen LogP contribution in [0.3, 0.4) is 0 Å². The zero-order valence-electron chi connectivity index (χ0n) is 18.9. The Bertz CT molecular complexity index is 1610. The maximum atomic E-state index is 13.8. The third kappa shape index (κ3) is 5.72. The van der Waals surface area contributed by atoms with Crippen LogP contribution in [0.5, 0.6) is 5.88 Å². The third-order valence-electron chi connectivity index (χ3n) is 5.14. The molecule has 0 fully saturated rings. The fourth-order valence-corrected chi connectivity index (χ4v) is 3.45. The molecule has 2 amide bonds. The topological polar surface area (TPSA) is 176 Å². The number of H-pyrrole nitrogens is 1. The van der Waals surface area contributed by atoms with Crippen LogP contribution in [0.25, 0.3) is 16.7 Å².